The Hall–Kier alpha value is -0.570. The summed E-state index contributed by atoms with van der Waals surface area (Å²) in [4.78, 5) is 10.8. The summed E-state index contributed by atoms with van der Waals surface area (Å²) in [6.45, 7) is 11.7. The van der Waals surface area contributed by atoms with E-state index in [-0.39, 0.29) is 23.2 Å². The first kappa shape index (κ1) is 14.4. The Kier molecular flexibility index (Phi) is 4.35. The molecular weight excluding hydrogens is 192 g/mol. The quantitative estimate of drug-likeness (QED) is 0.762. The van der Waals surface area contributed by atoms with Crippen LogP contribution in [-0.2, 0) is 4.79 Å². The molecule has 0 aliphatic heterocycles. The molecule has 15 heavy (non-hydrogen) atoms. The minimum Gasteiger partial charge on any atom is -0.481 e. The Morgan fingerprint density at radius 3 is 1.67 bits per heavy atom. The number of aliphatic hydroxyl groups excluding tert-OH is 1. The van der Waals surface area contributed by atoms with Crippen molar-refractivity contribution in [2.45, 2.75) is 54.1 Å². The van der Waals surface area contributed by atoms with Gasteiger partial charge in [-0.05, 0) is 10.8 Å². The molecule has 0 aromatic rings. The lowest BCUT2D eigenvalue weighted by Gasteiger charge is -2.39. The molecule has 2 atom stereocenters. The largest absolute Gasteiger partial charge is 0.481 e. The number of rotatable bonds is 3. The lowest BCUT2D eigenvalue weighted by molar-refractivity contribution is -0.142. The van der Waals surface area contributed by atoms with Gasteiger partial charge < -0.3 is 10.2 Å². The highest BCUT2D eigenvalue weighted by molar-refractivity contribution is 5.67. The fraction of sp³-hybridized carbons (Fsp3) is 0.917. The highest BCUT2D eigenvalue weighted by Gasteiger charge is 2.38. The molecular formula is C12H24O3. The molecule has 0 aromatic heterocycles. The van der Waals surface area contributed by atoms with Crippen molar-refractivity contribution in [2.75, 3.05) is 0 Å². The Labute approximate surface area is 92.5 Å². The van der Waals surface area contributed by atoms with Crippen LogP contribution in [0.4, 0.5) is 0 Å². The van der Waals surface area contributed by atoms with Gasteiger partial charge in [-0.2, -0.15) is 0 Å². The minimum atomic E-state index is -0.849. The summed E-state index contributed by atoms with van der Waals surface area (Å²) in [5.74, 6) is -1.08. The minimum absolute atomic E-state index is 0.0158. The van der Waals surface area contributed by atoms with E-state index in [1.807, 2.05) is 41.5 Å². The van der Waals surface area contributed by atoms with E-state index >= 15 is 0 Å². The molecule has 0 fully saturated rings. The summed E-state index contributed by atoms with van der Waals surface area (Å²) in [7, 11) is 0. The average Bonchev–Trinajstić information content (AvgIpc) is 1.94. The molecule has 0 saturated carbocycles. The summed E-state index contributed by atoms with van der Waals surface area (Å²) < 4.78 is 0. The van der Waals surface area contributed by atoms with Crippen molar-refractivity contribution in [3.63, 3.8) is 0 Å². The lowest BCUT2D eigenvalue weighted by Crippen LogP contribution is -2.41. The van der Waals surface area contributed by atoms with Crippen LogP contribution in [0, 0.1) is 16.7 Å². The van der Waals surface area contributed by atoms with Gasteiger partial charge >= 0.3 is 5.97 Å². The molecule has 2 N–H and O–H groups in total. The van der Waals surface area contributed by atoms with Crippen molar-refractivity contribution in [1.29, 1.82) is 0 Å². The third-order valence-electron chi connectivity index (χ3n) is 2.78. The van der Waals surface area contributed by atoms with Crippen molar-refractivity contribution in [1.82, 2.24) is 0 Å². The second kappa shape index (κ2) is 4.52. The van der Waals surface area contributed by atoms with E-state index in [9.17, 15) is 9.90 Å². The number of hydrogen-bond acceptors (Lipinski definition) is 2. The number of carbonyl (C=O) groups is 1. The van der Waals surface area contributed by atoms with E-state index in [0.29, 0.717) is 0 Å². The Bertz CT molecular complexity index is 220. The molecule has 0 rings (SSSR count). The predicted molar refractivity (Wildman–Crippen MR) is 60.7 cm³/mol. The van der Waals surface area contributed by atoms with Gasteiger partial charge in [-0.3, -0.25) is 4.79 Å². The van der Waals surface area contributed by atoms with Gasteiger partial charge in [-0.25, -0.2) is 0 Å². The monoisotopic (exact) mass is 216 g/mol. The van der Waals surface area contributed by atoms with E-state index in [0.717, 1.165) is 0 Å². The van der Waals surface area contributed by atoms with Crippen molar-refractivity contribution in [2.24, 2.45) is 16.7 Å². The maximum atomic E-state index is 10.8. The Morgan fingerprint density at radius 2 is 1.47 bits per heavy atom. The third kappa shape index (κ3) is 4.65. The van der Waals surface area contributed by atoms with Crippen LogP contribution in [0.25, 0.3) is 0 Å². The summed E-state index contributed by atoms with van der Waals surface area (Å²) in [5, 5.41) is 19.0. The van der Waals surface area contributed by atoms with Crippen LogP contribution in [0.15, 0.2) is 0 Å². The van der Waals surface area contributed by atoms with E-state index in [1.165, 1.54) is 0 Å². The molecule has 90 valence electrons. The van der Waals surface area contributed by atoms with Gasteiger partial charge in [0.1, 0.15) is 0 Å². The molecule has 0 heterocycles. The van der Waals surface area contributed by atoms with Gasteiger partial charge in [0.2, 0.25) is 0 Å². The maximum Gasteiger partial charge on any atom is 0.303 e. The molecule has 0 aliphatic carbocycles. The molecule has 0 amide bonds. The number of carboxylic acid groups (broad SMARTS) is 1. The van der Waals surface area contributed by atoms with Gasteiger partial charge in [0.05, 0.1) is 12.5 Å². The summed E-state index contributed by atoms with van der Waals surface area (Å²) in [6, 6.07) is 0. The maximum absolute atomic E-state index is 10.8. The summed E-state index contributed by atoms with van der Waals surface area (Å²) >= 11 is 0. The zero-order valence-electron chi connectivity index (χ0n) is 10.7. The Balaban J connectivity index is 4.87. The second-order valence-electron chi connectivity index (χ2n) is 6.38. The molecule has 0 aromatic carbocycles. The fourth-order valence-electron chi connectivity index (χ4n) is 1.68. The smallest absolute Gasteiger partial charge is 0.303 e. The van der Waals surface area contributed by atoms with Crippen LogP contribution in [0.1, 0.15) is 48.0 Å². The van der Waals surface area contributed by atoms with Gasteiger partial charge in [0, 0.05) is 5.92 Å². The van der Waals surface area contributed by atoms with Gasteiger partial charge in [-0.15, -0.1) is 0 Å². The molecule has 0 bridgehead atoms. The fourth-order valence-corrected chi connectivity index (χ4v) is 1.68. The summed E-state index contributed by atoms with van der Waals surface area (Å²) in [6.07, 6.45) is -0.587. The zero-order chi connectivity index (χ0) is 12.4. The Morgan fingerprint density at radius 1 is 1.07 bits per heavy atom. The third-order valence-corrected chi connectivity index (χ3v) is 2.78. The van der Waals surface area contributed by atoms with E-state index in [1.54, 1.807) is 0 Å². The molecule has 3 heteroatoms. The van der Waals surface area contributed by atoms with Crippen molar-refractivity contribution < 1.29 is 15.0 Å². The number of aliphatic carboxylic acids is 1. The molecule has 2 unspecified atom stereocenters. The molecule has 3 nitrogen and oxygen atoms in total. The van der Waals surface area contributed by atoms with Gasteiger partial charge in [0.25, 0.3) is 0 Å². The number of hydrogen-bond donors (Lipinski definition) is 2. The highest BCUT2D eigenvalue weighted by Crippen LogP contribution is 2.38. The molecule has 0 aliphatic rings. The van der Waals surface area contributed by atoms with Crippen LogP contribution in [-0.4, -0.2) is 22.3 Å². The van der Waals surface area contributed by atoms with Crippen molar-refractivity contribution >= 4 is 5.97 Å². The van der Waals surface area contributed by atoms with Gasteiger partial charge in [-0.1, -0.05) is 41.5 Å². The topological polar surface area (TPSA) is 57.5 Å². The molecule has 0 spiro atoms. The average molecular weight is 216 g/mol. The normalized spacial score (nSPS) is 17.3. The zero-order valence-corrected chi connectivity index (χ0v) is 10.7. The standard InChI is InChI=1S/C12H24O3/c1-11(2,3)8(7-9(13)14)10(15)12(4,5)6/h8,10,15H,7H2,1-6H3,(H,13,14). The van der Waals surface area contributed by atoms with Crippen LogP contribution < -0.4 is 0 Å². The van der Waals surface area contributed by atoms with E-state index in [4.69, 9.17) is 5.11 Å². The van der Waals surface area contributed by atoms with Crippen molar-refractivity contribution in [3.05, 3.63) is 0 Å². The van der Waals surface area contributed by atoms with Crippen LogP contribution in [0.3, 0.4) is 0 Å². The van der Waals surface area contributed by atoms with Gasteiger partial charge in [0.15, 0.2) is 0 Å². The number of aliphatic hydroxyl groups is 1. The second-order valence-corrected chi connectivity index (χ2v) is 6.38. The first-order valence-electron chi connectivity index (χ1n) is 5.36. The van der Waals surface area contributed by atoms with E-state index < -0.39 is 12.1 Å². The first-order valence-corrected chi connectivity index (χ1v) is 5.36. The van der Waals surface area contributed by atoms with Crippen molar-refractivity contribution in [3.8, 4) is 0 Å². The first-order chi connectivity index (χ1) is 6.46. The molecule has 0 radical (unpaired) electrons. The van der Waals surface area contributed by atoms with Crippen LogP contribution in [0.5, 0.6) is 0 Å². The number of carboxylic acids is 1. The highest BCUT2D eigenvalue weighted by atomic mass is 16.4. The predicted octanol–water partition coefficient (Wildman–Crippen LogP) is 2.53. The van der Waals surface area contributed by atoms with E-state index in [2.05, 4.69) is 0 Å². The SMILES string of the molecule is CC(C)(C)C(O)C(CC(=O)O)C(C)(C)C. The van der Waals surface area contributed by atoms with Crippen LogP contribution >= 0.6 is 0 Å². The lowest BCUT2D eigenvalue weighted by atomic mass is 9.68. The summed E-state index contributed by atoms with van der Waals surface area (Å²) in [5.41, 5.74) is -0.488. The molecule has 0 saturated heterocycles. The van der Waals surface area contributed by atoms with Crippen LogP contribution in [0.2, 0.25) is 0 Å².